The van der Waals surface area contributed by atoms with E-state index in [-0.39, 0.29) is 0 Å². The monoisotopic (exact) mass is 268 g/mol. The van der Waals surface area contributed by atoms with Crippen LogP contribution in [0.25, 0.3) is 0 Å². The summed E-state index contributed by atoms with van der Waals surface area (Å²) >= 11 is 0. The van der Waals surface area contributed by atoms with Gasteiger partial charge in [0, 0.05) is 24.8 Å². The van der Waals surface area contributed by atoms with Gasteiger partial charge in [0.2, 0.25) is 0 Å². The lowest BCUT2D eigenvalue weighted by atomic mass is 10.5. The molecule has 2 rings (SSSR count). The highest BCUT2D eigenvalue weighted by Crippen LogP contribution is 2.19. The average Bonchev–Trinajstić information content (AvgIpc) is 2.68. The molecule has 0 aliphatic carbocycles. The van der Waals surface area contributed by atoms with Crippen LogP contribution in [0.1, 0.15) is 0 Å². The Labute approximate surface area is 108 Å². The third-order valence-electron chi connectivity index (χ3n) is 1.87. The van der Waals surface area contributed by atoms with E-state index in [1.54, 1.807) is 12.4 Å². The van der Waals surface area contributed by atoms with Gasteiger partial charge >= 0.3 is 12.1 Å². The Kier molecular flexibility index (Phi) is 5.53. The number of halogens is 3. The number of aromatic nitrogens is 1. The largest absolute Gasteiger partial charge is 0.472 e. The van der Waals surface area contributed by atoms with Gasteiger partial charge in [0.25, 0.3) is 0 Å². The minimum absolute atomic E-state index is 0.486. The maximum absolute atomic E-state index is 11.9. The second-order valence-electron chi connectivity index (χ2n) is 3.30. The number of rotatable bonds is 0. The quantitative estimate of drug-likeness (QED) is 0.724. The van der Waals surface area contributed by atoms with Crippen molar-refractivity contribution in [3.05, 3.63) is 67.3 Å². The van der Waals surface area contributed by atoms with Crippen LogP contribution >= 0.6 is 0 Å². The summed E-state index contributed by atoms with van der Waals surface area (Å²) in [5.74, 6) is -1.90. The summed E-state index contributed by atoms with van der Waals surface area (Å²) in [6.45, 7) is 0. The van der Waals surface area contributed by atoms with Crippen LogP contribution in [-0.2, 0) is 4.79 Å². The number of carbonyl (C=O) groups is 1. The molecule has 2 heterocycles. The van der Waals surface area contributed by atoms with Crippen molar-refractivity contribution in [2.75, 3.05) is 0 Å². The predicted octanol–water partition coefficient (Wildman–Crippen LogP) is 3.06. The Morgan fingerprint density at radius 2 is 1.42 bits per heavy atom. The summed E-state index contributed by atoms with van der Waals surface area (Å²) in [6, 6.07) is 5.72. The van der Waals surface area contributed by atoms with Crippen molar-refractivity contribution in [2.24, 2.45) is 0 Å². The number of pyridine rings is 1. The fourth-order valence-electron chi connectivity index (χ4n) is 1.06. The molecule has 1 aromatic heterocycles. The third kappa shape index (κ3) is 5.67. The van der Waals surface area contributed by atoms with Gasteiger partial charge in [0.05, 0.1) is 0 Å². The molecule has 0 spiro atoms. The van der Waals surface area contributed by atoms with E-state index in [1.807, 2.05) is 18.2 Å². The lowest BCUT2D eigenvalue weighted by Crippen LogP contribution is -2.34. The van der Waals surface area contributed by atoms with E-state index in [1.165, 1.54) is 24.3 Å². The van der Waals surface area contributed by atoms with Crippen molar-refractivity contribution in [3.63, 3.8) is 0 Å². The average molecular weight is 268 g/mol. The molecular weight excluding hydrogens is 257 g/mol. The molecule has 19 heavy (non-hydrogen) atoms. The standard InChI is InChI=1S/C8H6F3NO.C5H5N/c9-8(10,11)7(13)12-5-3-1-2-4-6-12;1-2-4-6-5-3-1/h1-6H;1-5H. The Morgan fingerprint density at radius 1 is 0.895 bits per heavy atom. The van der Waals surface area contributed by atoms with Crippen molar-refractivity contribution in [1.29, 1.82) is 0 Å². The molecule has 1 aliphatic rings. The van der Waals surface area contributed by atoms with Gasteiger partial charge in [0.15, 0.2) is 0 Å². The predicted molar refractivity (Wildman–Crippen MR) is 64.6 cm³/mol. The second-order valence-corrected chi connectivity index (χ2v) is 3.30. The van der Waals surface area contributed by atoms with Crippen molar-refractivity contribution in [3.8, 4) is 0 Å². The highest BCUT2D eigenvalue weighted by atomic mass is 19.4. The van der Waals surface area contributed by atoms with Gasteiger partial charge < -0.3 is 0 Å². The van der Waals surface area contributed by atoms with Crippen LogP contribution in [0.3, 0.4) is 0 Å². The molecule has 0 N–H and O–H groups in total. The molecule has 100 valence electrons. The van der Waals surface area contributed by atoms with Crippen LogP contribution in [0.15, 0.2) is 67.3 Å². The summed E-state index contributed by atoms with van der Waals surface area (Å²) in [5, 5.41) is 0. The van der Waals surface area contributed by atoms with Crippen molar-refractivity contribution in [2.45, 2.75) is 6.18 Å². The number of hydrogen-bond acceptors (Lipinski definition) is 2. The molecule has 0 saturated carbocycles. The maximum Gasteiger partial charge on any atom is 0.472 e. The molecule has 0 aromatic carbocycles. The van der Waals surface area contributed by atoms with E-state index >= 15 is 0 Å². The molecule has 1 amide bonds. The third-order valence-corrected chi connectivity index (χ3v) is 1.87. The summed E-state index contributed by atoms with van der Waals surface area (Å²) in [5.41, 5.74) is 0. The Balaban J connectivity index is 0.000000250. The fourth-order valence-corrected chi connectivity index (χ4v) is 1.06. The molecule has 0 atom stereocenters. The summed E-state index contributed by atoms with van der Waals surface area (Å²) < 4.78 is 35.7. The zero-order valence-electron chi connectivity index (χ0n) is 9.79. The molecule has 0 fully saturated rings. The van der Waals surface area contributed by atoms with Gasteiger partial charge in [-0.15, -0.1) is 0 Å². The Morgan fingerprint density at radius 3 is 1.74 bits per heavy atom. The summed E-state index contributed by atoms with van der Waals surface area (Å²) in [7, 11) is 0. The minimum atomic E-state index is -4.83. The zero-order valence-corrected chi connectivity index (χ0v) is 9.79. The van der Waals surface area contributed by atoms with Crippen LogP contribution in [0.4, 0.5) is 13.2 Å². The normalized spacial score (nSPS) is 13.5. The molecule has 3 nitrogen and oxygen atoms in total. The first-order valence-corrected chi connectivity index (χ1v) is 5.28. The van der Waals surface area contributed by atoms with Crippen molar-refractivity contribution in [1.82, 2.24) is 9.88 Å². The molecule has 0 bridgehead atoms. The van der Waals surface area contributed by atoms with Gasteiger partial charge in [-0.2, -0.15) is 13.2 Å². The van der Waals surface area contributed by atoms with E-state index < -0.39 is 12.1 Å². The number of amides is 1. The number of alkyl halides is 3. The number of nitrogens with zero attached hydrogens (tertiary/aromatic N) is 2. The van der Waals surface area contributed by atoms with Crippen LogP contribution in [0.2, 0.25) is 0 Å². The molecule has 1 aliphatic heterocycles. The molecule has 6 heteroatoms. The number of allylic oxidation sites excluding steroid dienone is 4. The van der Waals surface area contributed by atoms with E-state index in [2.05, 4.69) is 4.98 Å². The summed E-state index contributed by atoms with van der Waals surface area (Å²) in [4.78, 5) is 14.9. The first-order chi connectivity index (χ1) is 9.02. The van der Waals surface area contributed by atoms with Gasteiger partial charge in [-0.1, -0.05) is 18.2 Å². The first-order valence-electron chi connectivity index (χ1n) is 5.28. The minimum Gasteiger partial charge on any atom is -0.287 e. The first kappa shape index (κ1) is 14.7. The maximum atomic E-state index is 11.9. The molecular formula is C13H11F3N2O. The van der Waals surface area contributed by atoms with Gasteiger partial charge in [-0.05, 0) is 24.3 Å². The molecule has 0 unspecified atom stereocenters. The molecule has 0 saturated heterocycles. The van der Waals surface area contributed by atoms with Crippen LogP contribution < -0.4 is 0 Å². The van der Waals surface area contributed by atoms with E-state index in [4.69, 9.17) is 0 Å². The SMILES string of the molecule is O=C(N1C=CC=CC=C1)C(F)(F)F.c1ccncc1. The van der Waals surface area contributed by atoms with Gasteiger partial charge in [-0.25, -0.2) is 0 Å². The lowest BCUT2D eigenvalue weighted by molar-refractivity contribution is -0.180. The molecule has 0 radical (unpaired) electrons. The Bertz CT molecular complexity index is 436. The highest BCUT2D eigenvalue weighted by Gasteiger charge is 2.41. The zero-order chi connectivity index (χ0) is 14.1. The van der Waals surface area contributed by atoms with Crippen LogP contribution in [0, 0.1) is 0 Å². The van der Waals surface area contributed by atoms with Crippen LogP contribution in [0.5, 0.6) is 0 Å². The van der Waals surface area contributed by atoms with E-state index in [9.17, 15) is 18.0 Å². The smallest absolute Gasteiger partial charge is 0.287 e. The highest BCUT2D eigenvalue weighted by molar-refractivity contribution is 5.83. The Hall–Kier alpha value is -2.37. The number of hydrogen-bond donors (Lipinski definition) is 0. The van der Waals surface area contributed by atoms with Gasteiger partial charge in [0.1, 0.15) is 0 Å². The van der Waals surface area contributed by atoms with Crippen molar-refractivity contribution >= 4 is 5.91 Å². The van der Waals surface area contributed by atoms with Gasteiger partial charge in [-0.3, -0.25) is 14.7 Å². The van der Waals surface area contributed by atoms with E-state index in [0.717, 1.165) is 12.4 Å². The van der Waals surface area contributed by atoms with Crippen molar-refractivity contribution < 1.29 is 18.0 Å². The lowest BCUT2D eigenvalue weighted by Gasteiger charge is -2.14. The molecule has 1 aromatic rings. The summed E-state index contributed by atoms with van der Waals surface area (Å²) in [6.07, 6.45) is 6.53. The van der Waals surface area contributed by atoms with E-state index in [0.29, 0.717) is 4.90 Å². The van der Waals surface area contributed by atoms with Crippen LogP contribution in [-0.4, -0.2) is 22.0 Å². The second kappa shape index (κ2) is 7.15. The topological polar surface area (TPSA) is 33.2 Å². The number of carbonyl (C=O) groups excluding carboxylic acids is 1. The fraction of sp³-hybridized carbons (Fsp3) is 0.0769.